The summed E-state index contributed by atoms with van der Waals surface area (Å²) in [6, 6.07) is 12.5. The van der Waals surface area contributed by atoms with Crippen LogP contribution in [0.1, 0.15) is 36.5 Å². The van der Waals surface area contributed by atoms with Gasteiger partial charge < -0.3 is 19.3 Å². The number of nitrogens with zero attached hydrogens (tertiary/aromatic N) is 2. The van der Waals surface area contributed by atoms with E-state index in [1.54, 1.807) is 0 Å². The van der Waals surface area contributed by atoms with Crippen LogP contribution in [0.4, 0.5) is 0 Å². The molecule has 0 bridgehead atoms. The van der Waals surface area contributed by atoms with Crippen LogP contribution in [0.15, 0.2) is 36.4 Å². The Bertz CT molecular complexity index is 878. The Morgan fingerprint density at radius 2 is 1.71 bits per heavy atom. The van der Waals surface area contributed by atoms with Gasteiger partial charge in [0.05, 0.1) is 0 Å². The highest BCUT2D eigenvalue weighted by atomic mass is 16.7. The summed E-state index contributed by atoms with van der Waals surface area (Å²) < 4.78 is 16.9. The van der Waals surface area contributed by atoms with Crippen LogP contribution in [-0.4, -0.2) is 67.1 Å². The molecular formula is C25H34N2O4. The molecule has 0 aromatic heterocycles. The van der Waals surface area contributed by atoms with E-state index in [2.05, 4.69) is 60.9 Å². The Hall–Kier alpha value is -2.28. The molecule has 6 heteroatoms. The van der Waals surface area contributed by atoms with E-state index in [0.717, 1.165) is 50.0 Å². The van der Waals surface area contributed by atoms with Gasteiger partial charge in [-0.1, -0.05) is 32.0 Å². The highest BCUT2D eigenvalue weighted by Gasteiger charge is 2.21. The number of aliphatic hydroxyl groups is 1. The Balaban J connectivity index is 1.21. The molecule has 0 spiro atoms. The van der Waals surface area contributed by atoms with Crippen LogP contribution in [0, 0.1) is 6.92 Å². The number of ether oxygens (including phenoxy) is 3. The summed E-state index contributed by atoms with van der Waals surface area (Å²) in [6.07, 6.45) is -0.499. The number of β-amino-alcohol motifs (C(OH)–C–C–N with tert-alkyl or cyclic N) is 1. The molecule has 1 fully saturated rings. The van der Waals surface area contributed by atoms with Gasteiger partial charge in [0.2, 0.25) is 6.79 Å². The number of rotatable bonds is 8. The molecule has 1 unspecified atom stereocenters. The van der Waals surface area contributed by atoms with Gasteiger partial charge in [0.1, 0.15) is 18.5 Å². The van der Waals surface area contributed by atoms with Gasteiger partial charge >= 0.3 is 0 Å². The lowest BCUT2D eigenvalue weighted by atomic mass is 10.0. The maximum atomic E-state index is 10.5. The minimum absolute atomic E-state index is 0.312. The Kier molecular flexibility index (Phi) is 7.00. The fourth-order valence-electron chi connectivity index (χ4n) is 4.21. The third kappa shape index (κ3) is 5.70. The second-order valence-electron chi connectivity index (χ2n) is 8.93. The smallest absolute Gasteiger partial charge is 0.231 e. The zero-order valence-electron chi connectivity index (χ0n) is 18.8. The molecule has 31 heavy (non-hydrogen) atoms. The molecule has 2 aromatic rings. The predicted molar refractivity (Wildman–Crippen MR) is 121 cm³/mol. The van der Waals surface area contributed by atoms with E-state index in [0.29, 0.717) is 25.9 Å². The lowest BCUT2D eigenvalue weighted by Gasteiger charge is -2.35. The molecule has 4 rings (SSSR count). The predicted octanol–water partition coefficient (Wildman–Crippen LogP) is 3.40. The molecule has 0 radical (unpaired) electrons. The third-order valence-electron chi connectivity index (χ3n) is 6.00. The van der Waals surface area contributed by atoms with Gasteiger partial charge in [-0.2, -0.15) is 0 Å². The molecule has 0 amide bonds. The molecule has 2 aromatic carbocycles. The molecule has 6 nitrogen and oxygen atoms in total. The van der Waals surface area contributed by atoms with Crippen molar-refractivity contribution >= 4 is 0 Å². The van der Waals surface area contributed by atoms with E-state index in [4.69, 9.17) is 14.2 Å². The molecule has 1 atom stereocenters. The molecule has 2 heterocycles. The van der Waals surface area contributed by atoms with Gasteiger partial charge in [0.15, 0.2) is 11.5 Å². The van der Waals surface area contributed by atoms with Crippen molar-refractivity contribution in [3.8, 4) is 17.2 Å². The van der Waals surface area contributed by atoms with E-state index in [1.165, 1.54) is 16.7 Å². The zero-order valence-corrected chi connectivity index (χ0v) is 18.8. The summed E-state index contributed by atoms with van der Waals surface area (Å²) in [5, 5.41) is 10.5. The molecule has 168 valence electrons. The van der Waals surface area contributed by atoms with Crippen LogP contribution in [0.25, 0.3) is 0 Å². The molecule has 0 saturated carbocycles. The monoisotopic (exact) mass is 426 g/mol. The number of benzene rings is 2. The molecule has 2 aliphatic heterocycles. The van der Waals surface area contributed by atoms with Crippen molar-refractivity contribution in [2.24, 2.45) is 0 Å². The van der Waals surface area contributed by atoms with E-state index >= 15 is 0 Å². The van der Waals surface area contributed by atoms with Crippen molar-refractivity contribution in [3.05, 3.63) is 53.1 Å². The Morgan fingerprint density at radius 1 is 0.968 bits per heavy atom. The van der Waals surface area contributed by atoms with Crippen LogP contribution in [0.5, 0.6) is 17.2 Å². The van der Waals surface area contributed by atoms with Gasteiger partial charge in [-0.3, -0.25) is 9.80 Å². The average Bonchev–Trinajstić information content (AvgIpc) is 3.21. The van der Waals surface area contributed by atoms with Gasteiger partial charge in [0, 0.05) is 39.3 Å². The van der Waals surface area contributed by atoms with Crippen LogP contribution in [-0.2, 0) is 6.54 Å². The van der Waals surface area contributed by atoms with Crippen LogP contribution in [0.3, 0.4) is 0 Å². The summed E-state index contributed by atoms with van der Waals surface area (Å²) in [5.41, 5.74) is 3.60. The molecule has 1 saturated heterocycles. The van der Waals surface area contributed by atoms with Crippen molar-refractivity contribution in [2.75, 3.05) is 46.1 Å². The molecule has 2 aliphatic rings. The summed E-state index contributed by atoms with van der Waals surface area (Å²) in [4.78, 5) is 4.77. The van der Waals surface area contributed by atoms with Crippen molar-refractivity contribution in [1.29, 1.82) is 0 Å². The Morgan fingerprint density at radius 3 is 2.48 bits per heavy atom. The lowest BCUT2D eigenvalue weighted by Crippen LogP contribution is -2.48. The Labute approximate surface area is 185 Å². The highest BCUT2D eigenvalue weighted by Crippen LogP contribution is 2.33. The maximum Gasteiger partial charge on any atom is 0.231 e. The largest absolute Gasteiger partial charge is 0.491 e. The van der Waals surface area contributed by atoms with Crippen molar-refractivity contribution in [1.82, 2.24) is 9.80 Å². The quantitative estimate of drug-likeness (QED) is 0.698. The standard InChI is InChI=1S/C25H34N2O4/c1-18(2)22-6-4-19(3)12-24(22)29-16-21(28)15-27-10-8-26(9-11-27)14-20-5-7-23-25(13-20)31-17-30-23/h4-7,12-13,18,21,28H,8-11,14-17H2,1-3H3. The summed E-state index contributed by atoms with van der Waals surface area (Å²) >= 11 is 0. The first-order valence-corrected chi connectivity index (χ1v) is 11.2. The second kappa shape index (κ2) is 9.90. The summed E-state index contributed by atoms with van der Waals surface area (Å²) in [6.45, 7) is 12.4. The summed E-state index contributed by atoms with van der Waals surface area (Å²) in [5.74, 6) is 2.96. The van der Waals surface area contributed by atoms with E-state index in [-0.39, 0.29) is 0 Å². The topological polar surface area (TPSA) is 54.4 Å². The SMILES string of the molecule is Cc1ccc(C(C)C)c(OCC(O)CN2CCN(Cc3ccc4c(c3)OCO4)CC2)c1. The van der Waals surface area contributed by atoms with Gasteiger partial charge in [-0.15, -0.1) is 0 Å². The number of hydrogen-bond donors (Lipinski definition) is 1. The van der Waals surface area contributed by atoms with Crippen LogP contribution in [0.2, 0.25) is 0 Å². The normalized spacial score (nSPS) is 17.8. The third-order valence-corrected chi connectivity index (χ3v) is 6.00. The van der Waals surface area contributed by atoms with E-state index in [9.17, 15) is 5.11 Å². The highest BCUT2D eigenvalue weighted by molar-refractivity contribution is 5.44. The first-order chi connectivity index (χ1) is 15.0. The van der Waals surface area contributed by atoms with Crippen LogP contribution < -0.4 is 14.2 Å². The number of aryl methyl sites for hydroxylation is 1. The minimum Gasteiger partial charge on any atom is -0.491 e. The van der Waals surface area contributed by atoms with Gasteiger partial charge in [0.25, 0.3) is 0 Å². The molecular weight excluding hydrogens is 392 g/mol. The van der Waals surface area contributed by atoms with Crippen molar-refractivity contribution < 1.29 is 19.3 Å². The first kappa shape index (κ1) is 21.9. The fourth-order valence-corrected chi connectivity index (χ4v) is 4.21. The average molecular weight is 427 g/mol. The van der Waals surface area contributed by atoms with Crippen LogP contribution >= 0.6 is 0 Å². The molecule has 0 aliphatic carbocycles. The van der Waals surface area contributed by atoms with E-state index in [1.807, 2.05) is 6.07 Å². The lowest BCUT2D eigenvalue weighted by molar-refractivity contribution is 0.0443. The summed E-state index contributed by atoms with van der Waals surface area (Å²) in [7, 11) is 0. The van der Waals surface area contributed by atoms with Gasteiger partial charge in [-0.05, 0) is 47.7 Å². The maximum absolute atomic E-state index is 10.5. The van der Waals surface area contributed by atoms with Crippen molar-refractivity contribution in [3.63, 3.8) is 0 Å². The van der Waals surface area contributed by atoms with Gasteiger partial charge in [-0.25, -0.2) is 0 Å². The fraction of sp³-hybridized carbons (Fsp3) is 0.520. The zero-order chi connectivity index (χ0) is 21.8. The molecule has 1 N–H and O–H groups in total. The number of fused-ring (bicyclic) bond motifs is 1. The van der Waals surface area contributed by atoms with E-state index < -0.39 is 6.10 Å². The number of hydrogen-bond acceptors (Lipinski definition) is 6. The van der Waals surface area contributed by atoms with Crippen molar-refractivity contribution in [2.45, 2.75) is 39.3 Å². The number of piperazine rings is 1. The second-order valence-corrected chi connectivity index (χ2v) is 8.93. The number of aliphatic hydroxyl groups excluding tert-OH is 1. The first-order valence-electron chi connectivity index (χ1n) is 11.2. The minimum atomic E-state index is -0.499.